The van der Waals surface area contributed by atoms with Crippen LogP contribution in [-0.4, -0.2) is 23.9 Å². The minimum absolute atomic E-state index is 0.294. The summed E-state index contributed by atoms with van der Waals surface area (Å²) in [6.07, 6.45) is -1.07. The summed E-state index contributed by atoms with van der Waals surface area (Å²) in [6, 6.07) is 11.5. The van der Waals surface area contributed by atoms with Gasteiger partial charge in [0, 0.05) is 5.56 Å². The van der Waals surface area contributed by atoms with Gasteiger partial charge in [-0.15, -0.1) is 11.3 Å². The van der Waals surface area contributed by atoms with Gasteiger partial charge in [0.15, 0.2) is 6.10 Å². The second kappa shape index (κ2) is 7.75. The van der Waals surface area contributed by atoms with Crippen molar-refractivity contribution >= 4 is 40.7 Å². The van der Waals surface area contributed by atoms with E-state index in [0.29, 0.717) is 14.8 Å². The van der Waals surface area contributed by atoms with E-state index in [2.05, 4.69) is 10.9 Å². The molecule has 0 radical (unpaired) electrons. The van der Waals surface area contributed by atoms with Crippen LogP contribution in [0.15, 0.2) is 42.5 Å². The topological polar surface area (TPSA) is 84.5 Å². The number of thiophene rings is 1. The zero-order valence-corrected chi connectivity index (χ0v) is 13.6. The van der Waals surface area contributed by atoms with Gasteiger partial charge in [-0.3, -0.25) is 20.4 Å². The van der Waals surface area contributed by atoms with Crippen molar-refractivity contribution in [2.24, 2.45) is 0 Å². The third-order valence-corrected chi connectivity index (χ3v) is 3.97. The average molecular weight is 353 g/mol. The molecule has 6 nitrogen and oxygen atoms in total. The fourth-order valence-corrected chi connectivity index (χ4v) is 2.50. The lowest BCUT2D eigenvalue weighted by Crippen LogP contribution is -2.46. The maximum Gasteiger partial charge on any atom is 0.349 e. The first-order valence-corrected chi connectivity index (χ1v) is 7.78. The quantitative estimate of drug-likeness (QED) is 0.653. The van der Waals surface area contributed by atoms with Gasteiger partial charge in [-0.2, -0.15) is 0 Å². The van der Waals surface area contributed by atoms with Gasteiger partial charge >= 0.3 is 5.97 Å². The van der Waals surface area contributed by atoms with E-state index >= 15 is 0 Å². The maximum absolute atomic E-state index is 11.8. The maximum atomic E-state index is 11.8. The number of nitrogens with one attached hydrogen (secondary N) is 2. The van der Waals surface area contributed by atoms with Gasteiger partial charge in [0.05, 0.1) is 4.34 Å². The molecule has 1 aromatic heterocycles. The Kier molecular flexibility index (Phi) is 5.72. The molecule has 2 rings (SSSR count). The summed E-state index contributed by atoms with van der Waals surface area (Å²) in [5, 5.41) is 0. The highest BCUT2D eigenvalue weighted by atomic mass is 35.5. The van der Waals surface area contributed by atoms with Crippen molar-refractivity contribution in [1.82, 2.24) is 10.9 Å². The molecule has 8 heteroatoms. The number of ether oxygens (including phenoxy) is 1. The second-order valence-electron chi connectivity index (χ2n) is 4.46. The van der Waals surface area contributed by atoms with Crippen LogP contribution in [0, 0.1) is 0 Å². The van der Waals surface area contributed by atoms with Crippen LogP contribution in [0.3, 0.4) is 0 Å². The number of hydrazine groups is 1. The number of hydrogen-bond donors (Lipinski definition) is 2. The van der Waals surface area contributed by atoms with E-state index in [1.54, 1.807) is 36.4 Å². The van der Waals surface area contributed by atoms with E-state index < -0.39 is 23.9 Å². The fourth-order valence-electron chi connectivity index (χ4n) is 1.58. The van der Waals surface area contributed by atoms with Gasteiger partial charge in [0.2, 0.25) is 0 Å². The Bertz CT molecular complexity index is 717. The van der Waals surface area contributed by atoms with Gasteiger partial charge in [-0.05, 0) is 31.2 Å². The molecule has 0 spiro atoms. The summed E-state index contributed by atoms with van der Waals surface area (Å²) in [6.45, 7) is 1.40. The number of amides is 2. The van der Waals surface area contributed by atoms with Crippen molar-refractivity contribution in [2.45, 2.75) is 13.0 Å². The molecule has 1 heterocycles. The lowest BCUT2D eigenvalue weighted by molar-refractivity contribution is -0.129. The smallest absolute Gasteiger partial charge is 0.349 e. The lowest BCUT2D eigenvalue weighted by Gasteiger charge is -2.13. The standard InChI is InChI=1S/C15H13ClN2O4S/c1-9(22-15(21)11-7-8-12(16)23-11)13(19)17-18-14(20)10-5-3-2-4-6-10/h2-9H,1H3,(H,17,19)(H,18,20)/t9-/m0/s1. The zero-order chi connectivity index (χ0) is 16.8. The summed E-state index contributed by atoms with van der Waals surface area (Å²) in [4.78, 5) is 35.7. The Morgan fingerprint density at radius 1 is 1.09 bits per heavy atom. The summed E-state index contributed by atoms with van der Waals surface area (Å²) in [5.74, 6) is -1.77. The minimum atomic E-state index is -1.07. The predicted octanol–water partition coefficient (Wildman–Crippen LogP) is 2.41. The molecule has 23 heavy (non-hydrogen) atoms. The van der Waals surface area contributed by atoms with Crippen LogP contribution >= 0.6 is 22.9 Å². The molecule has 0 saturated carbocycles. The van der Waals surface area contributed by atoms with E-state index in [0.717, 1.165) is 11.3 Å². The van der Waals surface area contributed by atoms with Gasteiger partial charge in [0.25, 0.3) is 11.8 Å². The highest BCUT2D eigenvalue weighted by Gasteiger charge is 2.20. The molecule has 0 bridgehead atoms. The number of carbonyl (C=O) groups excluding carboxylic acids is 3. The van der Waals surface area contributed by atoms with Crippen molar-refractivity contribution < 1.29 is 19.1 Å². The molecule has 1 atom stereocenters. The third-order valence-electron chi connectivity index (χ3n) is 2.76. The highest BCUT2D eigenvalue weighted by molar-refractivity contribution is 7.17. The molecule has 0 unspecified atom stereocenters. The van der Waals surface area contributed by atoms with Crippen molar-refractivity contribution in [3.05, 3.63) is 57.2 Å². The molecule has 2 aromatic rings. The monoisotopic (exact) mass is 352 g/mol. The summed E-state index contributed by atoms with van der Waals surface area (Å²) < 4.78 is 5.45. The highest BCUT2D eigenvalue weighted by Crippen LogP contribution is 2.22. The number of benzene rings is 1. The van der Waals surface area contributed by atoms with E-state index in [4.69, 9.17) is 16.3 Å². The van der Waals surface area contributed by atoms with Crippen LogP contribution in [0.4, 0.5) is 0 Å². The summed E-state index contributed by atoms with van der Waals surface area (Å²) in [7, 11) is 0. The van der Waals surface area contributed by atoms with Crippen molar-refractivity contribution in [2.75, 3.05) is 0 Å². The first-order chi connectivity index (χ1) is 11.0. The number of rotatable bonds is 4. The van der Waals surface area contributed by atoms with Gasteiger partial charge in [-0.25, -0.2) is 4.79 Å². The van der Waals surface area contributed by atoms with E-state index in [1.165, 1.54) is 13.0 Å². The number of carbonyl (C=O) groups is 3. The Morgan fingerprint density at radius 2 is 1.78 bits per heavy atom. The van der Waals surface area contributed by atoms with Crippen molar-refractivity contribution in [1.29, 1.82) is 0 Å². The summed E-state index contributed by atoms with van der Waals surface area (Å²) >= 11 is 6.78. The molecule has 0 aliphatic carbocycles. The SMILES string of the molecule is C[C@H](OC(=O)c1ccc(Cl)s1)C(=O)NNC(=O)c1ccccc1. The van der Waals surface area contributed by atoms with Crippen LogP contribution < -0.4 is 10.9 Å². The van der Waals surface area contributed by atoms with Gasteiger partial charge in [0.1, 0.15) is 4.88 Å². The first-order valence-electron chi connectivity index (χ1n) is 6.59. The van der Waals surface area contributed by atoms with Crippen molar-refractivity contribution in [3.8, 4) is 0 Å². The molecular weight excluding hydrogens is 340 g/mol. The summed E-state index contributed by atoms with van der Waals surface area (Å²) in [5.41, 5.74) is 4.85. The van der Waals surface area contributed by atoms with Crippen LogP contribution in [0.5, 0.6) is 0 Å². The Hall–Kier alpha value is -2.38. The normalized spacial score (nSPS) is 11.4. The number of esters is 1. The van der Waals surface area contributed by atoms with E-state index in [9.17, 15) is 14.4 Å². The van der Waals surface area contributed by atoms with Crippen LogP contribution in [-0.2, 0) is 9.53 Å². The first kappa shape index (κ1) is 17.0. The Labute approximate surface area is 141 Å². The lowest BCUT2D eigenvalue weighted by atomic mass is 10.2. The zero-order valence-electron chi connectivity index (χ0n) is 12.0. The Balaban J connectivity index is 1.83. The van der Waals surface area contributed by atoms with Gasteiger partial charge < -0.3 is 4.74 Å². The molecule has 2 amide bonds. The molecule has 2 N–H and O–H groups in total. The largest absolute Gasteiger partial charge is 0.448 e. The minimum Gasteiger partial charge on any atom is -0.448 e. The molecule has 0 fully saturated rings. The average Bonchev–Trinajstić information content (AvgIpc) is 2.99. The van der Waals surface area contributed by atoms with Crippen LogP contribution in [0.25, 0.3) is 0 Å². The number of hydrogen-bond acceptors (Lipinski definition) is 5. The van der Waals surface area contributed by atoms with Gasteiger partial charge in [-0.1, -0.05) is 29.8 Å². The second-order valence-corrected chi connectivity index (χ2v) is 6.18. The van der Waals surface area contributed by atoms with E-state index in [1.807, 2.05) is 0 Å². The van der Waals surface area contributed by atoms with E-state index in [-0.39, 0.29) is 0 Å². The Morgan fingerprint density at radius 3 is 2.39 bits per heavy atom. The third kappa shape index (κ3) is 4.80. The van der Waals surface area contributed by atoms with Crippen molar-refractivity contribution in [3.63, 3.8) is 0 Å². The molecule has 120 valence electrons. The molecule has 0 saturated heterocycles. The molecular formula is C15H13ClN2O4S. The molecule has 1 aromatic carbocycles. The molecule has 0 aliphatic rings. The van der Waals surface area contributed by atoms with Crippen LogP contribution in [0.2, 0.25) is 4.34 Å². The van der Waals surface area contributed by atoms with Crippen LogP contribution in [0.1, 0.15) is 27.0 Å². The fraction of sp³-hybridized carbons (Fsp3) is 0.133. The number of halogens is 1. The molecule has 0 aliphatic heterocycles. The predicted molar refractivity (Wildman–Crippen MR) is 86.3 cm³/mol.